The SMILES string of the molecule is Cc1cc(F)c(CNC(=O)c2cn3c(c(O)c2=O)C(=O)N2C[C@@H]3CCC(F)(F)C2)c(F)c1. The predicted molar refractivity (Wildman–Crippen MR) is 104 cm³/mol. The van der Waals surface area contributed by atoms with E-state index in [2.05, 4.69) is 5.32 Å². The van der Waals surface area contributed by atoms with E-state index in [-0.39, 0.29) is 13.0 Å². The van der Waals surface area contributed by atoms with Gasteiger partial charge in [0.2, 0.25) is 5.43 Å². The molecule has 0 unspecified atom stereocenters. The fourth-order valence-corrected chi connectivity index (χ4v) is 4.12. The van der Waals surface area contributed by atoms with Gasteiger partial charge in [-0.1, -0.05) is 0 Å². The number of hydrogen-bond acceptors (Lipinski definition) is 4. The number of alkyl halides is 2. The van der Waals surface area contributed by atoms with Crippen molar-refractivity contribution in [1.82, 2.24) is 14.8 Å². The molecule has 4 rings (SSSR count). The van der Waals surface area contributed by atoms with Crippen LogP contribution in [0.3, 0.4) is 0 Å². The number of aromatic nitrogens is 1. The van der Waals surface area contributed by atoms with Crippen molar-refractivity contribution >= 4 is 11.8 Å². The third-order valence-electron chi connectivity index (χ3n) is 5.75. The Bertz CT molecular complexity index is 1170. The highest BCUT2D eigenvalue weighted by atomic mass is 19.3. The van der Waals surface area contributed by atoms with Crippen LogP contribution in [0.25, 0.3) is 0 Å². The molecule has 0 aliphatic carbocycles. The summed E-state index contributed by atoms with van der Waals surface area (Å²) in [5.41, 5.74) is -2.28. The monoisotopic (exact) mass is 453 g/mol. The number of pyridine rings is 1. The molecular weight excluding hydrogens is 434 g/mol. The third-order valence-corrected chi connectivity index (χ3v) is 5.75. The first kappa shape index (κ1) is 21.8. The fraction of sp³-hybridized carbons (Fsp3) is 0.381. The van der Waals surface area contributed by atoms with E-state index in [0.29, 0.717) is 5.56 Å². The van der Waals surface area contributed by atoms with Crippen LogP contribution in [0.1, 0.15) is 50.9 Å². The molecule has 0 radical (unpaired) electrons. The van der Waals surface area contributed by atoms with Crippen LogP contribution < -0.4 is 10.7 Å². The van der Waals surface area contributed by atoms with Crippen LogP contribution in [0.15, 0.2) is 23.1 Å². The molecule has 2 aliphatic heterocycles. The molecule has 3 heterocycles. The van der Waals surface area contributed by atoms with Crippen molar-refractivity contribution in [3.63, 3.8) is 0 Å². The van der Waals surface area contributed by atoms with Crippen molar-refractivity contribution in [1.29, 1.82) is 0 Å². The van der Waals surface area contributed by atoms with Crippen molar-refractivity contribution in [2.45, 2.75) is 38.3 Å². The number of nitrogens with one attached hydrogen (secondary N) is 1. The Morgan fingerprint density at radius 1 is 1.25 bits per heavy atom. The second kappa shape index (κ2) is 7.64. The number of aromatic hydroxyl groups is 1. The first-order valence-corrected chi connectivity index (χ1v) is 9.86. The number of amides is 2. The number of rotatable bonds is 3. The fourth-order valence-electron chi connectivity index (χ4n) is 4.12. The van der Waals surface area contributed by atoms with Gasteiger partial charge in [-0.3, -0.25) is 14.4 Å². The smallest absolute Gasteiger partial charge is 0.274 e. The first-order chi connectivity index (χ1) is 15.0. The maximum Gasteiger partial charge on any atom is 0.274 e. The minimum atomic E-state index is -3.12. The quantitative estimate of drug-likeness (QED) is 0.699. The van der Waals surface area contributed by atoms with Gasteiger partial charge in [-0.25, -0.2) is 17.6 Å². The van der Waals surface area contributed by atoms with E-state index in [1.807, 2.05) is 0 Å². The molecule has 1 aromatic carbocycles. The molecule has 11 heteroatoms. The molecule has 1 atom stereocenters. The van der Waals surface area contributed by atoms with Gasteiger partial charge in [0.25, 0.3) is 17.7 Å². The molecule has 0 spiro atoms. The lowest BCUT2D eigenvalue weighted by molar-refractivity contribution is -0.0258. The van der Waals surface area contributed by atoms with Crippen LogP contribution in [0.4, 0.5) is 17.6 Å². The Kier molecular flexibility index (Phi) is 5.22. The van der Waals surface area contributed by atoms with Crippen LogP contribution in [0, 0.1) is 18.6 Å². The summed E-state index contributed by atoms with van der Waals surface area (Å²) in [4.78, 5) is 38.7. The average Bonchev–Trinajstić information content (AvgIpc) is 2.84. The zero-order chi connectivity index (χ0) is 23.4. The van der Waals surface area contributed by atoms with Crippen LogP contribution in [0.5, 0.6) is 5.75 Å². The van der Waals surface area contributed by atoms with Gasteiger partial charge in [-0.2, -0.15) is 0 Å². The first-order valence-electron chi connectivity index (χ1n) is 9.86. The van der Waals surface area contributed by atoms with Gasteiger partial charge in [0.15, 0.2) is 11.4 Å². The number of hydrogen-bond donors (Lipinski definition) is 2. The largest absolute Gasteiger partial charge is 0.503 e. The minimum Gasteiger partial charge on any atom is -0.503 e. The maximum atomic E-state index is 14.0. The number of aryl methyl sites for hydroxylation is 1. The topological polar surface area (TPSA) is 91.6 Å². The molecule has 2 N–H and O–H groups in total. The zero-order valence-electron chi connectivity index (χ0n) is 16.9. The molecule has 2 aliphatic rings. The molecule has 2 amide bonds. The Labute approximate surface area is 179 Å². The Morgan fingerprint density at radius 3 is 2.56 bits per heavy atom. The summed E-state index contributed by atoms with van der Waals surface area (Å²) in [6.07, 6.45) is 0.464. The molecule has 7 nitrogen and oxygen atoms in total. The van der Waals surface area contributed by atoms with E-state index in [4.69, 9.17) is 0 Å². The molecule has 0 saturated carbocycles. The van der Waals surface area contributed by atoms with Crippen molar-refractivity contribution in [3.05, 3.63) is 62.6 Å². The van der Waals surface area contributed by atoms with E-state index in [9.17, 15) is 37.1 Å². The molecule has 170 valence electrons. The number of nitrogens with zero attached hydrogens (tertiary/aromatic N) is 2. The molecule has 1 saturated heterocycles. The summed E-state index contributed by atoms with van der Waals surface area (Å²) in [5, 5.41) is 12.6. The summed E-state index contributed by atoms with van der Waals surface area (Å²) in [6, 6.07) is 1.49. The summed E-state index contributed by atoms with van der Waals surface area (Å²) in [7, 11) is 0. The van der Waals surface area contributed by atoms with Gasteiger partial charge in [0, 0.05) is 31.3 Å². The molecule has 2 aromatic rings. The van der Waals surface area contributed by atoms with Crippen molar-refractivity contribution in [3.8, 4) is 5.75 Å². The van der Waals surface area contributed by atoms with Gasteiger partial charge in [0.1, 0.15) is 17.2 Å². The lowest BCUT2D eigenvalue weighted by atomic mass is 10.0. The molecule has 1 aromatic heterocycles. The number of carbonyl (C=O) groups excluding carboxylic acids is 2. The van der Waals surface area contributed by atoms with Crippen LogP contribution in [0.2, 0.25) is 0 Å². The maximum absolute atomic E-state index is 14.0. The van der Waals surface area contributed by atoms with Crippen LogP contribution in [-0.2, 0) is 6.54 Å². The Balaban J connectivity index is 1.67. The number of halogens is 4. The Morgan fingerprint density at radius 2 is 1.91 bits per heavy atom. The van der Waals surface area contributed by atoms with Gasteiger partial charge in [0.05, 0.1) is 12.6 Å². The lowest BCUT2D eigenvalue weighted by Crippen LogP contribution is -2.46. The van der Waals surface area contributed by atoms with Gasteiger partial charge >= 0.3 is 0 Å². The summed E-state index contributed by atoms with van der Waals surface area (Å²) in [5.74, 6) is -7.88. The van der Waals surface area contributed by atoms with E-state index in [1.165, 1.54) is 11.5 Å². The predicted octanol–water partition coefficient (Wildman–Crippen LogP) is 2.50. The van der Waals surface area contributed by atoms with E-state index in [0.717, 1.165) is 23.2 Å². The number of carbonyl (C=O) groups is 2. The molecule has 32 heavy (non-hydrogen) atoms. The minimum absolute atomic E-state index is 0.0487. The number of benzene rings is 1. The van der Waals surface area contributed by atoms with Crippen molar-refractivity contribution < 1.29 is 32.3 Å². The third kappa shape index (κ3) is 3.71. The highest BCUT2D eigenvalue weighted by molar-refractivity contribution is 5.99. The van der Waals surface area contributed by atoms with Crippen LogP contribution >= 0.6 is 0 Å². The van der Waals surface area contributed by atoms with Crippen molar-refractivity contribution in [2.24, 2.45) is 0 Å². The van der Waals surface area contributed by atoms with Gasteiger partial charge in [-0.05, 0) is 31.0 Å². The van der Waals surface area contributed by atoms with Crippen molar-refractivity contribution in [2.75, 3.05) is 13.1 Å². The van der Waals surface area contributed by atoms with Gasteiger partial charge < -0.3 is 19.9 Å². The second-order valence-electron chi connectivity index (χ2n) is 8.10. The molecule has 2 bridgehead atoms. The van der Waals surface area contributed by atoms with E-state index >= 15 is 0 Å². The average molecular weight is 453 g/mol. The highest BCUT2D eigenvalue weighted by Crippen LogP contribution is 2.36. The normalized spacial score (nSPS) is 19.3. The summed E-state index contributed by atoms with van der Waals surface area (Å²) >= 11 is 0. The number of fused-ring (bicyclic) bond motifs is 4. The lowest BCUT2D eigenvalue weighted by Gasteiger charge is -2.34. The molecule has 1 fully saturated rings. The van der Waals surface area contributed by atoms with Gasteiger partial charge in [-0.15, -0.1) is 0 Å². The standard InChI is InChI=1S/C21H19F4N3O4/c1-10-4-14(22)12(15(23)5-10)6-26-19(31)13-8-28-11-2-3-21(24,25)9-27(7-11)20(32)16(28)18(30)17(13)29/h4-5,8,11,30H,2-3,6-7,9H2,1H3,(H,26,31)/t11-/m0/s1. The van der Waals surface area contributed by atoms with Crippen LogP contribution in [-0.4, -0.2) is 45.4 Å². The summed E-state index contributed by atoms with van der Waals surface area (Å²) in [6.45, 7) is 0.0364. The Hall–Kier alpha value is -3.37. The second-order valence-corrected chi connectivity index (χ2v) is 8.10. The zero-order valence-corrected chi connectivity index (χ0v) is 16.9. The highest BCUT2D eigenvalue weighted by Gasteiger charge is 2.44. The van der Waals surface area contributed by atoms with E-state index < -0.39 is 82.9 Å². The summed E-state index contributed by atoms with van der Waals surface area (Å²) < 4.78 is 57.2. The van der Waals surface area contributed by atoms with E-state index in [1.54, 1.807) is 0 Å². The molecular formula is C21H19F4N3O4.